The molecule has 0 bridgehead atoms. The van der Waals surface area contributed by atoms with E-state index in [9.17, 15) is 4.21 Å². The maximum Gasteiger partial charge on any atom is 0.0788 e. The summed E-state index contributed by atoms with van der Waals surface area (Å²) in [5.74, 6) is 0. The summed E-state index contributed by atoms with van der Waals surface area (Å²) in [4.78, 5) is 0. The molecule has 80 valence electrons. The summed E-state index contributed by atoms with van der Waals surface area (Å²) >= 11 is 0. The zero-order valence-electron chi connectivity index (χ0n) is 8.74. The average Bonchev–Trinajstić information content (AvgIpc) is 3.03. The molecule has 3 atom stereocenters. The lowest BCUT2D eigenvalue weighted by atomic mass is 10.0. The molecule has 0 N–H and O–H groups in total. The SMILES string of the molecule is O=S1[C@H](c2ccccc2)[C@@H]1c1ccccc1. The molecule has 1 saturated heterocycles. The highest BCUT2D eigenvalue weighted by molar-refractivity contribution is 7.92. The number of benzene rings is 2. The summed E-state index contributed by atoms with van der Waals surface area (Å²) in [6.07, 6.45) is 0. The molecule has 0 spiro atoms. The molecule has 1 aliphatic heterocycles. The smallest absolute Gasteiger partial charge is 0.0788 e. The lowest BCUT2D eigenvalue weighted by Crippen LogP contribution is -1.82. The Balaban J connectivity index is 1.90. The third kappa shape index (κ3) is 1.59. The fourth-order valence-corrected chi connectivity index (χ4v) is 3.78. The van der Waals surface area contributed by atoms with Crippen LogP contribution in [-0.2, 0) is 10.8 Å². The van der Waals surface area contributed by atoms with E-state index in [-0.39, 0.29) is 10.5 Å². The van der Waals surface area contributed by atoms with Crippen molar-refractivity contribution in [2.75, 3.05) is 0 Å². The van der Waals surface area contributed by atoms with Gasteiger partial charge >= 0.3 is 0 Å². The summed E-state index contributed by atoms with van der Waals surface area (Å²) in [5, 5.41) is 0.396. The van der Waals surface area contributed by atoms with Crippen molar-refractivity contribution < 1.29 is 4.21 Å². The molecule has 0 saturated carbocycles. The molecule has 1 heterocycles. The van der Waals surface area contributed by atoms with Gasteiger partial charge in [0, 0.05) is 10.8 Å². The molecule has 0 amide bonds. The van der Waals surface area contributed by atoms with Gasteiger partial charge in [-0.05, 0) is 11.1 Å². The van der Waals surface area contributed by atoms with Crippen LogP contribution in [0.3, 0.4) is 0 Å². The summed E-state index contributed by atoms with van der Waals surface area (Å²) in [6, 6.07) is 20.3. The van der Waals surface area contributed by atoms with Crippen molar-refractivity contribution in [3.8, 4) is 0 Å². The summed E-state index contributed by atoms with van der Waals surface area (Å²) < 4.78 is 11.9. The van der Waals surface area contributed by atoms with Gasteiger partial charge < -0.3 is 0 Å². The first-order valence-corrected chi connectivity index (χ1v) is 6.65. The van der Waals surface area contributed by atoms with Gasteiger partial charge in [0.1, 0.15) is 0 Å². The zero-order valence-corrected chi connectivity index (χ0v) is 9.56. The number of hydrogen-bond acceptors (Lipinski definition) is 1. The molecule has 2 heteroatoms. The van der Waals surface area contributed by atoms with Crippen molar-refractivity contribution in [2.45, 2.75) is 10.5 Å². The molecule has 0 aromatic heterocycles. The zero-order chi connectivity index (χ0) is 11.0. The normalized spacial score (nSPS) is 27.6. The second-order valence-corrected chi connectivity index (χ2v) is 5.66. The molecular weight excluding hydrogens is 216 g/mol. The standard InChI is InChI=1S/C14H12OS/c15-16-13(11-7-3-1-4-8-11)14(16)12-9-5-2-6-10-12/h1-10,13-14H/t13-,14+,16?. The van der Waals surface area contributed by atoms with Crippen LogP contribution >= 0.6 is 0 Å². The van der Waals surface area contributed by atoms with Gasteiger partial charge in [-0.1, -0.05) is 60.7 Å². The largest absolute Gasteiger partial charge is 0.258 e. The average molecular weight is 228 g/mol. The van der Waals surface area contributed by atoms with Crippen LogP contribution in [0, 0.1) is 0 Å². The van der Waals surface area contributed by atoms with Crippen molar-refractivity contribution in [1.82, 2.24) is 0 Å². The number of rotatable bonds is 2. The van der Waals surface area contributed by atoms with Crippen molar-refractivity contribution in [3.05, 3.63) is 71.8 Å². The molecule has 1 aliphatic rings. The summed E-state index contributed by atoms with van der Waals surface area (Å²) in [7, 11) is -0.739. The van der Waals surface area contributed by atoms with E-state index >= 15 is 0 Å². The predicted molar refractivity (Wildman–Crippen MR) is 66.5 cm³/mol. The van der Waals surface area contributed by atoms with Gasteiger partial charge in [0.15, 0.2) is 0 Å². The van der Waals surface area contributed by atoms with Gasteiger partial charge in [-0.15, -0.1) is 0 Å². The van der Waals surface area contributed by atoms with E-state index in [0.717, 1.165) is 0 Å². The lowest BCUT2D eigenvalue weighted by molar-refractivity contribution is 0.692. The van der Waals surface area contributed by atoms with Gasteiger partial charge in [0.25, 0.3) is 0 Å². The van der Waals surface area contributed by atoms with E-state index in [2.05, 4.69) is 24.3 Å². The van der Waals surface area contributed by atoms with Gasteiger partial charge in [-0.3, -0.25) is 4.21 Å². The highest BCUT2D eigenvalue weighted by Crippen LogP contribution is 2.54. The van der Waals surface area contributed by atoms with Crippen LogP contribution in [0.5, 0.6) is 0 Å². The molecule has 16 heavy (non-hydrogen) atoms. The topological polar surface area (TPSA) is 17.1 Å². The minimum Gasteiger partial charge on any atom is -0.258 e. The van der Waals surface area contributed by atoms with Gasteiger partial charge in [0.05, 0.1) is 10.5 Å². The van der Waals surface area contributed by atoms with Crippen LogP contribution in [0.15, 0.2) is 60.7 Å². The Morgan fingerprint density at radius 2 is 1.06 bits per heavy atom. The lowest BCUT2D eigenvalue weighted by Gasteiger charge is -1.97. The Morgan fingerprint density at radius 1 is 0.688 bits per heavy atom. The van der Waals surface area contributed by atoms with Crippen molar-refractivity contribution >= 4 is 10.8 Å². The quantitative estimate of drug-likeness (QED) is 0.721. The predicted octanol–water partition coefficient (Wildman–Crippen LogP) is 3.23. The van der Waals surface area contributed by atoms with E-state index in [0.29, 0.717) is 0 Å². The Kier molecular flexibility index (Phi) is 2.37. The summed E-state index contributed by atoms with van der Waals surface area (Å²) in [6.45, 7) is 0. The van der Waals surface area contributed by atoms with Crippen LogP contribution in [0.25, 0.3) is 0 Å². The molecule has 1 nitrogen and oxygen atoms in total. The van der Waals surface area contributed by atoms with Gasteiger partial charge in [-0.2, -0.15) is 0 Å². The monoisotopic (exact) mass is 228 g/mol. The highest BCUT2D eigenvalue weighted by atomic mass is 32.2. The maximum atomic E-state index is 11.9. The van der Waals surface area contributed by atoms with Crippen LogP contribution in [0.1, 0.15) is 21.6 Å². The van der Waals surface area contributed by atoms with Crippen molar-refractivity contribution in [2.24, 2.45) is 0 Å². The first-order valence-electron chi connectivity index (χ1n) is 5.37. The molecule has 1 unspecified atom stereocenters. The van der Waals surface area contributed by atoms with E-state index in [1.165, 1.54) is 11.1 Å². The third-order valence-corrected chi connectivity index (χ3v) is 4.73. The van der Waals surface area contributed by atoms with Crippen LogP contribution in [0.2, 0.25) is 0 Å². The van der Waals surface area contributed by atoms with E-state index in [1.54, 1.807) is 0 Å². The maximum absolute atomic E-state index is 11.9. The second-order valence-electron chi connectivity index (χ2n) is 3.99. The van der Waals surface area contributed by atoms with Crippen molar-refractivity contribution in [1.29, 1.82) is 0 Å². The molecule has 0 aliphatic carbocycles. The molecule has 2 aromatic carbocycles. The minimum atomic E-state index is -0.739. The Bertz CT molecular complexity index is 459. The molecule has 0 radical (unpaired) electrons. The van der Waals surface area contributed by atoms with Crippen LogP contribution in [-0.4, -0.2) is 4.21 Å². The minimum absolute atomic E-state index is 0.198. The third-order valence-electron chi connectivity index (χ3n) is 2.96. The van der Waals surface area contributed by atoms with E-state index < -0.39 is 10.8 Å². The van der Waals surface area contributed by atoms with Crippen molar-refractivity contribution in [3.63, 3.8) is 0 Å². The molecule has 3 rings (SSSR count). The Hall–Kier alpha value is -1.41. The van der Waals surface area contributed by atoms with E-state index in [1.807, 2.05) is 36.4 Å². The fourth-order valence-electron chi connectivity index (χ4n) is 2.09. The molecule has 2 aromatic rings. The Labute approximate surface area is 97.6 Å². The van der Waals surface area contributed by atoms with Gasteiger partial charge in [-0.25, -0.2) is 0 Å². The highest BCUT2D eigenvalue weighted by Gasteiger charge is 2.49. The van der Waals surface area contributed by atoms with Crippen LogP contribution < -0.4 is 0 Å². The molecule has 1 fully saturated rings. The first kappa shape index (κ1) is 9.79. The first-order chi connectivity index (χ1) is 7.88. The van der Waals surface area contributed by atoms with Gasteiger partial charge in [0.2, 0.25) is 0 Å². The second kappa shape index (κ2) is 3.87. The fraction of sp³-hybridized carbons (Fsp3) is 0.143. The summed E-state index contributed by atoms with van der Waals surface area (Å²) in [5.41, 5.74) is 2.38. The van der Waals surface area contributed by atoms with Crippen LogP contribution in [0.4, 0.5) is 0 Å². The number of hydrogen-bond donors (Lipinski definition) is 0. The Morgan fingerprint density at radius 3 is 1.44 bits per heavy atom. The van der Waals surface area contributed by atoms with E-state index in [4.69, 9.17) is 0 Å². The molecular formula is C14H12OS.